The summed E-state index contributed by atoms with van der Waals surface area (Å²) in [6.45, 7) is 3.89. The minimum atomic E-state index is -0.198. The second-order valence-corrected chi connectivity index (χ2v) is 4.42. The van der Waals surface area contributed by atoms with Crippen LogP contribution in [0.5, 0.6) is 0 Å². The smallest absolute Gasteiger partial charge is 0.252 e. The van der Waals surface area contributed by atoms with Crippen LogP contribution in [-0.2, 0) is 0 Å². The summed E-state index contributed by atoms with van der Waals surface area (Å²) in [5, 5.41) is 2.79. The molecule has 0 aliphatic heterocycles. The fourth-order valence-electron chi connectivity index (χ4n) is 1.29. The Morgan fingerprint density at radius 2 is 2.31 bits per heavy atom. The summed E-state index contributed by atoms with van der Waals surface area (Å²) < 4.78 is 0.994. The Balaban J connectivity index is 2.81. The number of terminal acetylenes is 1. The monoisotopic (exact) mass is 279 g/mol. The number of halogens is 1. The Labute approximate surface area is 105 Å². The molecule has 0 spiro atoms. The maximum absolute atomic E-state index is 11.8. The number of carbonyl (C=O) groups excluding carboxylic acids is 1. The van der Waals surface area contributed by atoms with Crippen molar-refractivity contribution >= 4 is 21.8 Å². The van der Waals surface area contributed by atoms with E-state index in [4.69, 9.17) is 6.42 Å². The Hall–Kier alpha value is -1.27. The molecule has 1 N–H and O–H groups in total. The molecule has 16 heavy (non-hydrogen) atoms. The van der Waals surface area contributed by atoms with E-state index in [2.05, 4.69) is 27.2 Å². The molecule has 0 aliphatic carbocycles. The maximum Gasteiger partial charge on any atom is 0.252 e. The highest BCUT2D eigenvalue weighted by Crippen LogP contribution is 2.17. The molecular weight excluding hydrogens is 266 g/mol. The minimum Gasteiger partial charge on any atom is -0.338 e. The van der Waals surface area contributed by atoms with E-state index in [-0.39, 0.29) is 11.9 Å². The quantitative estimate of drug-likeness (QED) is 0.847. The molecule has 1 unspecified atom stereocenters. The van der Waals surface area contributed by atoms with E-state index in [0.717, 1.165) is 16.5 Å². The molecule has 3 heteroatoms. The molecule has 1 rings (SSSR count). The summed E-state index contributed by atoms with van der Waals surface area (Å²) in [7, 11) is 0. The number of carbonyl (C=O) groups is 1. The third kappa shape index (κ3) is 3.11. The largest absolute Gasteiger partial charge is 0.338 e. The number of hydrogen-bond acceptors (Lipinski definition) is 1. The number of hydrogen-bond donors (Lipinski definition) is 1. The Morgan fingerprint density at radius 1 is 1.62 bits per heavy atom. The highest BCUT2D eigenvalue weighted by atomic mass is 79.9. The summed E-state index contributed by atoms with van der Waals surface area (Å²) in [6.07, 6.45) is 6.03. The Morgan fingerprint density at radius 3 is 2.81 bits per heavy atom. The number of amides is 1. The van der Waals surface area contributed by atoms with E-state index < -0.39 is 0 Å². The van der Waals surface area contributed by atoms with Crippen molar-refractivity contribution in [1.29, 1.82) is 0 Å². The molecule has 0 heterocycles. The average Bonchev–Trinajstić information content (AvgIpc) is 2.29. The lowest BCUT2D eigenvalue weighted by molar-refractivity contribution is 0.0945. The van der Waals surface area contributed by atoms with E-state index >= 15 is 0 Å². The van der Waals surface area contributed by atoms with Gasteiger partial charge in [-0.3, -0.25) is 4.79 Å². The number of rotatable bonds is 3. The molecule has 0 fully saturated rings. The third-order valence-corrected chi connectivity index (χ3v) is 3.22. The van der Waals surface area contributed by atoms with Crippen molar-refractivity contribution < 1.29 is 4.79 Å². The van der Waals surface area contributed by atoms with Gasteiger partial charge in [-0.2, -0.15) is 0 Å². The predicted molar refractivity (Wildman–Crippen MR) is 69.3 cm³/mol. The summed E-state index contributed by atoms with van der Waals surface area (Å²) in [5.41, 5.74) is 1.66. The molecule has 0 aromatic heterocycles. The predicted octanol–water partition coefficient (Wildman–Crippen LogP) is 2.90. The molecule has 0 bridgehead atoms. The first-order valence-corrected chi connectivity index (χ1v) is 5.91. The van der Waals surface area contributed by atoms with Crippen LogP contribution in [0.25, 0.3) is 0 Å². The summed E-state index contributed by atoms with van der Waals surface area (Å²) in [6, 6.07) is 5.27. The van der Waals surface area contributed by atoms with Gasteiger partial charge >= 0.3 is 0 Å². The number of aryl methyl sites for hydroxylation is 1. The lowest BCUT2D eigenvalue weighted by Gasteiger charge is -2.11. The zero-order valence-corrected chi connectivity index (χ0v) is 11.0. The fourth-order valence-corrected chi connectivity index (χ4v) is 1.54. The molecule has 0 aliphatic rings. The van der Waals surface area contributed by atoms with E-state index in [1.54, 1.807) is 6.07 Å². The van der Waals surface area contributed by atoms with Gasteiger partial charge in [-0.1, -0.05) is 28.8 Å². The molecule has 1 aromatic rings. The van der Waals surface area contributed by atoms with Gasteiger partial charge in [0.1, 0.15) is 0 Å². The van der Waals surface area contributed by atoms with Gasteiger partial charge in [0.2, 0.25) is 0 Å². The molecule has 1 atom stereocenters. The van der Waals surface area contributed by atoms with E-state index in [1.165, 1.54) is 0 Å². The van der Waals surface area contributed by atoms with Crippen LogP contribution in [0.2, 0.25) is 0 Å². The summed E-state index contributed by atoms with van der Waals surface area (Å²) in [4.78, 5) is 11.8. The number of nitrogens with one attached hydrogen (secondary N) is 1. The molecular formula is C13H14BrNO. The van der Waals surface area contributed by atoms with Crippen molar-refractivity contribution in [2.75, 3.05) is 0 Å². The van der Waals surface area contributed by atoms with Crippen LogP contribution in [0.1, 0.15) is 29.3 Å². The van der Waals surface area contributed by atoms with Gasteiger partial charge in [0.05, 0.1) is 6.04 Å². The zero-order chi connectivity index (χ0) is 12.1. The van der Waals surface area contributed by atoms with Gasteiger partial charge < -0.3 is 5.32 Å². The molecule has 0 radical (unpaired) electrons. The topological polar surface area (TPSA) is 29.1 Å². The second-order valence-electron chi connectivity index (χ2n) is 3.56. The van der Waals surface area contributed by atoms with Crippen LogP contribution >= 0.6 is 15.9 Å². The van der Waals surface area contributed by atoms with Crippen molar-refractivity contribution in [1.82, 2.24) is 5.32 Å². The van der Waals surface area contributed by atoms with E-state index in [0.29, 0.717) is 5.56 Å². The van der Waals surface area contributed by atoms with Crippen LogP contribution in [0.4, 0.5) is 0 Å². The second kappa shape index (κ2) is 5.72. The molecule has 0 saturated heterocycles. The van der Waals surface area contributed by atoms with Gasteiger partial charge in [0.15, 0.2) is 0 Å². The van der Waals surface area contributed by atoms with Crippen molar-refractivity contribution in [2.45, 2.75) is 26.3 Å². The highest BCUT2D eigenvalue weighted by Gasteiger charge is 2.10. The minimum absolute atomic E-state index is 0.125. The van der Waals surface area contributed by atoms with Crippen LogP contribution < -0.4 is 5.32 Å². The highest BCUT2D eigenvalue weighted by molar-refractivity contribution is 9.10. The molecule has 0 saturated carbocycles. The molecule has 1 aromatic carbocycles. The van der Waals surface area contributed by atoms with Gasteiger partial charge in [0, 0.05) is 10.0 Å². The Bertz CT molecular complexity index is 434. The van der Waals surface area contributed by atoms with Crippen molar-refractivity contribution in [3.63, 3.8) is 0 Å². The van der Waals surface area contributed by atoms with E-state index in [9.17, 15) is 4.79 Å². The maximum atomic E-state index is 11.8. The van der Waals surface area contributed by atoms with Gasteiger partial charge in [-0.05, 0) is 37.1 Å². The van der Waals surface area contributed by atoms with Crippen molar-refractivity contribution in [3.8, 4) is 12.3 Å². The number of benzene rings is 1. The third-order valence-electron chi connectivity index (χ3n) is 2.33. The lowest BCUT2D eigenvalue weighted by Crippen LogP contribution is -2.33. The average molecular weight is 280 g/mol. The van der Waals surface area contributed by atoms with Gasteiger partial charge in [-0.15, -0.1) is 6.42 Å². The van der Waals surface area contributed by atoms with Crippen molar-refractivity contribution in [3.05, 3.63) is 33.8 Å². The molecule has 2 nitrogen and oxygen atoms in total. The SMILES string of the molecule is C#CC(CC)NC(=O)c1ccc(Br)c(C)c1. The lowest BCUT2D eigenvalue weighted by atomic mass is 10.1. The van der Waals surface area contributed by atoms with Crippen LogP contribution in [-0.4, -0.2) is 11.9 Å². The van der Waals surface area contributed by atoms with Crippen LogP contribution in [0, 0.1) is 19.3 Å². The zero-order valence-electron chi connectivity index (χ0n) is 9.38. The van der Waals surface area contributed by atoms with Crippen LogP contribution in [0.15, 0.2) is 22.7 Å². The molecule has 84 valence electrons. The van der Waals surface area contributed by atoms with E-state index in [1.807, 2.05) is 26.0 Å². The first-order valence-electron chi connectivity index (χ1n) is 5.11. The first-order chi connectivity index (χ1) is 7.58. The van der Waals surface area contributed by atoms with Crippen molar-refractivity contribution in [2.24, 2.45) is 0 Å². The Kier molecular flexibility index (Phi) is 4.57. The van der Waals surface area contributed by atoms with Gasteiger partial charge in [0.25, 0.3) is 5.91 Å². The standard InChI is InChI=1S/C13H14BrNO/c1-4-11(5-2)15-13(16)10-6-7-12(14)9(3)8-10/h1,6-8,11H,5H2,2-3H3,(H,15,16). The molecule has 1 amide bonds. The summed E-state index contributed by atoms with van der Waals surface area (Å²) in [5.74, 6) is 2.41. The summed E-state index contributed by atoms with van der Waals surface area (Å²) >= 11 is 3.39. The van der Waals surface area contributed by atoms with Crippen LogP contribution in [0.3, 0.4) is 0 Å². The first kappa shape index (κ1) is 12.8. The fraction of sp³-hybridized carbons (Fsp3) is 0.308. The van der Waals surface area contributed by atoms with Gasteiger partial charge in [-0.25, -0.2) is 0 Å². The normalized spacial score (nSPS) is 11.6.